The second-order valence-corrected chi connectivity index (χ2v) is 9.36. The molecule has 7 heteroatoms. The molecule has 0 unspecified atom stereocenters. The lowest BCUT2D eigenvalue weighted by molar-refractivity contribution is 0.238. The summed E-state index contributed by atoms with van der Waals surface area (Å²) in [5.41, 5.74) is 3.46. The van der Waals surface area contributed by atoms with Crippen LogP contribution in [0.25, 0.3) is 0 Å². The van der Waals surface area contributed by atoms with Gasteiger partial charge in [0.05, 0.1) is 17.6 Å². The zero-order chi connectivity index (χ0) is 18.7. The summed E-state index contributed by atoms with van der Waals surface area (Å²) in [6.45, 7) is 6.89. The van der Waals surface area contributed by atoms with Gasteiger partial charge in [-0.05, 0) is 30.0 Å². The van der Waals surface area contributed by atoms with Crippen molar-refractivity contribution in [3.05, 3.63) is 46.2 Å². The minimum atomic E-state index is -3.32. The van der Waals surface area contributed by atoms with Crippen LogP contribution in [-0.4, -0.2) is 35.2 Å². The first-order valence-corrected chi connectivity index (χ1v) is 11.2. The maximum absolute atomic E-state index is 12.4. The van der Waals surface area contributed by atoms with Crippen molar-refractivity contribution in [2.75, 3.05) is 12.3 Å². The SMILES string of the molecule is CCCCn1c(CN2CCc3c(Cl)cccc3C2)cnc1S(=O)(=O)CC. The Bertz CT molecular complexity index is 877. The van der Waals surface area contributed by atoms with Crippen LogP contribution < -0.4 is 0 Å². The van der Waals surface area contributed by atoms with Crippen LogP contribution in [0.1, 0.15) is 43.5 Å². The Morgan fingerprint density at radius 2 is 2.08 bits per heavy atom. The van der Waals surface area contributed by atoms with Crippen molar-refractivity contribution in [2.45, 2.75) is 57.9 Å². The van der Waals surface area contributed by atoms with E-state index < -0.39 is 9.84 Å². The molecule has 0 radical (unpaired) electrons. The summed E-state index contributed by atoms with van der Waals surface area (Å²) in [7, 11) is -3.32. The van der Waals surface area contributed by atoms with Gasteiger partial charge in [0.15, 0.2) is 0 Å². The molecule has 5 nitrogen and oxygen atoms in total. The van der Waals surface area contributed by atoms with E-state index in [-0.39, 0.29) is 10.9 Å². The fraction of sp³-hybridized carbons (Fsp3) is 0.526. The number of unbranched alkanes of at least 4 members (excludes halogenated alkanes) is 1. The average molecular weight is 396 g/mol. The molecule has 0 atom stereocenters. The molecule has 26 heavy (non-hydrogen) atoms. The number of nitrogens with zero attached hydrogens (tertiary/aromatic N) is 3. The number of sulfone groups is 1. The van der Waals surface area contributed by atoms with Gasteiger partial charge in [0.25, 0.3) is 0 Å². The molecule has 1 aromatic heterocycles. The first-order chi connectivity index (χ1) is 12.5. The Labute approximate surface area is 160 Å². The first kappa shape index (κ1) is 19.4. The number of hydrogen-bond donors (Lipinski definition) is 0. The van der Waals surface area contributed by atoms with Crippen LogP contribution in [0, 0.1) is 0 Å². The number of aromatic nitrogens is 2. The molecule has 142 valence electrons. The molecule has 0 saturated carbocycles. The summed E-state index contributed by atoms with van der Waals surface area (Å²) in [6.07, 6.45) is 4.59. The third kappa shape index (κ3) is 3.97. The Kier molecular flexibility index (Phi) is 6.05. The summed E-state index contributed by atoms with van der Waals surface area (Å²) in [6, 6.07) is 6.05. The van der Waals surface area contributed by atoms with E-state index in [9.17, 15) is 8.42 Å². The fourth-order valence-corrected chi connectivity index (χ4v) is 4.74. The molecule has 2 heterocycles. The Morgan fingerprint density at radius 1 is 1.27 bits per heavy atom. The molecular formula is C19H26ClN3O2S. The summed E-state index contributed by atoms with van der Waals surface area (Å²) in [4.78, 5) is 6.60. The molecule has 0 aliphatic carbocycles. The predicted octanol–water partition coefficient (Wildman–Crippen LogP) is 3.69. The Hall–Kier alpha value is -1.37. The van der Waals surface area contributed by atoms with Gasteiger partial charge in [-0.25, -0.2) is 13.4 Å². The van der Waals surface area contributed by atoms with Gasteiger partial charge in [0, 0.05) is 31.2 Å². The predicted molar refractivity (Wildman–Crippen MR) is 104 cm³/mol. The highest BCUT2D eigenvalue weighted by Crippen LogP contribution is 2.27. The molecule has 0 amide bonds. The van der Waals surface area contributed by atoms with Crippen molar-refractivity contribution in [1.29, 1.82) is 0 Å². The van der Waals surface area contributed by atoms with E-state index >= 15 is 0 Å². The minimum absolute atomic E-state index is 0.0746. The molecule has 2 aromatic rings. The van der Waals surface area contributed by atoms with Crippen molar-refractivity contribution in [1.82, 2.24) is 14.5 Å². The highest BCUT2D eigenvalue weighted by molar-refractivity contribution is 7.91. The molecule has 0 bridgehead atoms. The summed E-state index contributed by atoms with van der Waals surface area (Å²) >= 11 is 6.30. The second kappa shape index (κ2) is 8.11. The second-order valence-electron chi connectivity index (χ2n) is 6.78. The molecule has 1 aromatic carbocycles. The van der Waals surface area contributed by atoms with Crippen molar-refractivity contribution >= 4 is 21.4 Å². The topological polar surface area (TPSA) is 55.2 Å². The molecule has 1 aliphatic heterocycles. The van der Waals surface area contributed by atoms with Crippen molar-refractivity contribution in [3.63, 3.8) is 0 Å². The third-order valence-electron chi connectivity index (χ3n) is 4.97. The van der Waals surface area contributed by atoms with E-state index in [1.807, 2.05) is 16.7 Å². The van der Waals surface area contributed by atoms with Crippen LogP contribution in [0.5, 0.6) is 0 Å². The van der Waals surface area contributed by atoms with Crippen LogP contribution in [0.2, 0.25) is 5.02 Å². The molecule has 0 spiro atoms. The van der Waals surface area contributed by atoms with Gasteiger partial charge < -0.3 is 4.57 Å². The van der Waals surface area contributed by atoms with Crippen molar-refractivity contribution in [3.8, 4) is 0 Å². The zero-order valence-electron chi connectivity index (χ0n) is 15.4. The van der Waals surface area contributed by atoms with Crippen LogP contribution in [-0.2, 0) is 35.9 Å². The van der Waals surface area contributed by atoms with Gasteiger partial charge in [0.1, 0.15) is 0 Å². The number of hydrogen-bond acceptors (Lipinski definition) is 4. The standard InChI is InChI=1S/C19H26ClN3O2S/c1-3-5-10-23-16(12-21-19(23)26(24,25)4-2)14-22-11-9-17-15(13-22)7-6-8-18(17)20/h6-8,12H,3-5,9-11,13-14H2,1-2H3. The van der Waals surface area contributed by atoms with E-state index in [4.69, 9.17) is 11.6 Å². The van der Waals surface area contributed by atoms with Gasteiger partial charge in [-0.2, -0.15) is 0 Å². The van der Waals surface area contributed by atoms with Gasteiger partial charge >= 0.3 is 0 Å². The van der Waals surface area contributed by atoms with E-state index in [0.717, 1.165) is 43.1 Å². The van der Waals surface area contributed by atoms with E-state index in [1.165, 1.54) is 11.1 Å². The Balaban J connectivity index is 1.84. The maximum Gasteiger partial charge on any atom is 0.227 e. The molecular weight excluding hydrogens is 370 g/mol. The van der Waals surface area contributed by atoms with E-state index in [1.54, 1.807) is 13.1 Å². The largest absolute Gasteiger partial charge is 0.318 e. The smallest absolute Gasteiger partial charge is 0.227 e. The number of benzene rings is 1. The maximum atomic E-state index is 12.4. The zero-order valence-corrected chi connectivity index (χ0v) is 17.0. The lowest BCUT2D eigenvalue weighted by Crippen LogP contribution is -2.31. The summed E-state index contributed by atoms with van der Waals surface area (Å²) in [5, 5.41) is 1.05. The molecule has 1 aliphatic rings. The monoisotopic (exact) mass is 395 g/mol. The van der Waals surface area contributed by atoms with Gasteiger partial charge in [-0.3, -0.25) is 4.90 Å². The average Bonchev–Trinajstić information content (AvgIpc) is 3.03. The lowest BCUT2D eigenvalue weighted by atomic mass is 10.00. The van der Waals surface area contributed by atoms with E-state index in [0.29, 0.717) is 13.1 Å². The summed E-state index contributed by atoms with van der Waals surface area (Å²) < 4.78 is 26.7. The Morgan fingerprint density at radius 3 is 2.81 bits per heavy atom. The van der Waals surface area contributed by atoms with Crippen LogP contribution in [0.3, 0.4) is 0 Å². The minimum Gasteiger partial charge on any atom is -0.318 e. The molecule has 0 saturated heterocycles. The van der Waals surface area contributed by atoms with Gasteiger partial charge in [0.2, 0.25) is 15.0 Å². The normalized spacial score (nSPS) is 15.2. The number of fused-ring (bicyclic) bond motifs is 1. The number of halogens is 1. The molecule has 0 N–H and O–H groups in total. The third-order valence-corrected chi connectivity index (χ3v) is 6.96. The molecule has 3 rings (SSSR count). The highest BCUT2D eigenvalue weighted by atomic mass is 35.5. The van der Waals surface area contributed by atoms with E-state index in [2.05, 4.69) is 22.9 Å². The van der Waals surface area contributed by atoms with Gasteiger partial charge in [-0.15, -0.1) is 0 Å². The fourth-order valence-electron chi connectivity index (χ4n) is 3.44. The number of imidazole rings is 1. The number of rotatable bonds is 7. The summed E-state index contributed by atoms with van der Waals surface area (Å²) in [5.74, 6) is 0.0746. The van der Waals surface area contributed by atoms with Crippen molar-refractivity contribution in [2.24, 2.45) is 0 Å². The highest BCUT2D eigenvalue weighted by Gasteiger charge is 2.24. The quantitative estimate of drug-likeness (QED) is 0.717. The first-order valence-electron chi connectivity index (χ1n) is 9.22. The lowest BCUT2D eigenvalue weighted by Gasteiger charge is -2.29. The van der Waals surface area contributed by atoms with Crippen LogP contribution in [0.15, 0.2) is 29.6 Å². The van der Waals surface area contributed by atoms with Gasteiger partial charge in [-0.1, -0.05) is 44.0 Å². The molecule has 0 fully saturated rings. The van der Waals surface area contributed by atoms with Crippen LogP contribution >= 0.6 is 11.6 Å². The van der Waals surface area contributed by atoms with Crippen LogP contribution in [0.4, 0.5) is 0 Å². The van der Waals surface area contributed by atoms with Crippen molar-refractivity contribution < 1.29 is 8.42 Å².